The van der Waals surface area contributed by atoms with Gasteiger partial charge in [-0.05, 0) is 56.7 Å². The number of nitrogens with one attached hydrogen (secondary N) is 1. The van der Waals surface area contributed by atoms with Gasteiger partial charge in [0.2, 0.25) is 0 Å². The molecule has 1 atom stereocenters. The van der Waals surface area contributed by atoms with E-state index in [1.807, 2.05) is 38.1 Å². The lowest BCUT2D eigenvalue weighted by Crippen LogP contribution is -2.38. The number of benzene rings is 2. The van der Waals surface area contributed by atoms with Crippen LogP contribution < -0.4 is 14.8 Å². The maximum absolute atomic E-state index is 12.1. The molecule has 0 aliphatic heterocycles. The molecule has 2 rings (SSSR count). The van der Waals surface area contributed by atoms with Gasteiger partial charge in [-0.1, -0.05) is 29.3 Å². The Bertz CT molecular complexity index is 686. The molecule has 0 aliphatic rings. The fourth-order valence-corrected chi connectivity index (χ4v) is 2.34. The molecule has 4 nitrogen and oxygen atoms in total. The van der Waals surface area contributed by atoms with E-state index in [4.69, 9.17) is 21.1 Å². The highest BCUT2D eigenvalue weighted by atomic mass is 35.5. The average Bonchev–Trinajstić information content (AvgIpc) is 2.55. The summed E-state index contributed by atoms with van der Waals surface area (Å²) in [6.45, 7) is 6.45. The minimum Gasteiger partial charge on any atom is -0.492 e. The van der Waals surface area contributed by atoms with Gasteiger partial charge in [-0.15, -0.1) is 0 Å². The summed E-state index contributed by atoms with van der Waals surface area (Å²) in [5.74, 6) is 1.26. The molecule has 0 aromatic heterocycles. The molecule has 5 heteroatoms. The van der Waals surface area contributed by atoms with Gasteiger partial charge in [0.15, 0.2) is 6.10 Å². The van der Waals surface area contributed by atoms with E-state index in [1.54, 1.807) is 25.1 Å². The van der Waals surface area contributed by atoms with Crippen LogP contribution in [0.1, 0.15) is 18.1 Å². The van der Waals surface area contributed by atoms with Crippen LogP contribution in [-0.2, 0) is 4.79 Å². The molecule has 2 aromatic carbocycles. The lowest BCUT2D eigenvalue weighted by Gasteiger charge is -2.16. The van der Waals surface area contributed by atoms with Gasteiger partial charge in [0.05, 0.1) is 6.54 Å². The summed E-state index contributed by atoms with van der Waals surface area (Å²) < 4.78 is 11.3. The molecule has 1 N–H and O–H groups in total. The van der Waals surface area contributed by atoms with E-state index >= 15 is 0 Å². The number of carbonyl (C=O) groups excluding carboxylic acids is 1. The first kappa shape index (κ1) is 18.1. The van der Waals surface area contributed by atoms with E-state index < -0.39 is 6.10 Å². The molecule has 0 bridgehead atoms. The van der Waals surface area contributed by atoms with E-state index in [9.17, 15) is 4.79 Å². The molecule has 0 aliphatic carbocycles. The summed E-state index contributed by atoms with van der Waals surface area (Å²) >= 11 is 5.91. The van der Waals surface area contributed by atoms with Crippen molar-refractivity contribution < 1.29 is 14.3 Å². The van der Waals surface area contributed by atoms with E-state index in [0.29, 0.717) is 23.9 Å². The van der Waals surface area contributed by atoms with Crippen molar-refractivity contribution in [3.8, 4) is 11.5 Å². The van der Waals surface area contributed by atoms with Gasteiger partial charge in [-0.25, -0.2) is 0 Å². The summed E-state index contributed by atoms with van der Waals surface area (Å²) in [7, 11) is 0. The molecule has 0 radical (unpaired) electrons. The number of carbonyl (C=O) groups is 1. The fraction of sp³-hybridized carbons (Fsp3) is 0.316. The predicted molar refractivity (Wildman–Crippen MR) is 96.0 cm³/mol. The number of halogens is 1. The van der Waals surface area contributed by atoms with Crippen LogP contribution in [0.5, 0.6) is 11.5 Å². The highest BCUT2D eigenvalue weighted by molar-refractivity contribution is 6.30. The first-order valence-corrected chi connectivity index (χ1v) is 8.23. The maximum Gasteiger partial charge on any atom is 0.260 e. The average molecular weight is 348 g/mol. The lowest BCUT2D eigenvalue weighted by molar-refractivity contribution is -0.127. The van der Waals surface area contributed by atoms with Crippen LogP contribution in [-0.4, -0.2) is 25.2 Å². The van der Waals surface area contributed by atoms with Crippen molar-refractivity contribution in [1.29, 1.82) is 0 Å². The van der Waals surface area contributed by atoms with Crippen molar-refractivity contribution in [2.75, 3.05) is 13.2 Å². The normalized spacial score (nSPS) is 11.7. The third-order valence-electron chi connectivity index (χ3n) is 3.50. The minimum atomic E-state index is -0.593. The fourth-order valence-electron chi connectivity index (χ4n) is 2.11. The number of hydrogen-bond acceptors (Lipinski definition) is 3. The second kappa shape index (κ2) is 8.60. The third-order valence-corrected chi connectivity index (χ3v) is 3.74. The second-order valence-electron chi connectivity index (χ2n) is 5.62. The van der Waals surface area contributed by atoms with Crippen LogP contribution >= 0.6 is 11.6 Å². The molecular formula is C19H22ClNO3. The smallest absolute Gasteiger partial charge is 0.260 e. The first-order valence-electron chi connectivity index (χ1n) is 7.85. The Balaban J connectivity index is 1.74. The van der Waals surface area contributed by atoms with Crippen LogP contribution in [0.4, 0.5) is 0 Å². The van der Waals surface area contributed by atoms with Crippen LogP contribution in [0.15, 0.2) is 42.5 Å². The standard InChI is InChI=1S/C19H22ClNO3/c1-13-4-7-17(8-5-13)23-11-10-21-19(22)15(3)24-18-9-6-16(20)12-14(18)2/h4-9,12,15H,10-11H2,1-3H3,(H,21,22). The van der Waals surface area contributed by atoms with E-state index in [1.165, 1.54) is 5.56 Å². The zero-order valence-electron chi connectivity index (χ0n) is 14.1. The number of rotatable bonds is 7. The number of amides is 1. The Morgan fingerprint density at radius 1 is 1.17 bits per heavy atom. The number of ether oxygens (including phenoxy) is 2. The topological polar surface area (TPSA) is 47.6 Å². The molecule has 0 saturated heterocycles. The summed E-state index contributed by atoms with van der Waals surface area (Å²) in [6.07, 6.45) is -0.593. The van der Waals surface area contributed by atoms with E-state index in [2.05, 4.69) is 5.32 Å². The molecule has 0 fully saturated rings. The van der Waals surface area contributed by atoms with Gasteiger partial charge in [-0.2, -0.15) is 0 Å². The minimum absolute atomic E-state index is 0.183. The van der Waals surface area contributed by atoms with Crippen molar-refractivity contribution in [3.63, 3.8) is 0 Å². The SMILES string of the molecule is Cc1ccc(OCCNC(=O)C(C)Oc2ccc(Cl)cc2C)cc1. The number of hydrogen-bond donors (Lipinski definition) is 1. The third kappa shape index (κ3) is 5.46. The Morgan fingerprint density at radius 2 is 1.88 bits per heavy atom. The van der Waals surface area contributed by atoms with Gasteiger partial charge >= 0.3 is 0 Å². The van der Waals surface area contributed by atoms with Crippen molar-refractivity contribution in [1.82, 2.24) is 5.32 Å². The van der Waals surface area contributed by atoms with Crippen LogP contribution in [0, 0.1) is 13.8 Å². The molecule has 1 unspecified atom stereocenters. The van der Waals surface area contributed by atoms with Crippen molar-refractivity contribution in [3.05, 3.63) is 58.6 Å². The zero-order valence-corrected chi connectivity index (χ0v) is 14.9. The summed E-state index contributed by atoms with van der Waals surface area (Å²) in [6, 6.07) is 13.1. The van der Waals surface area contributed by atoms with Crippen LogP contribution in [0.25, 0.3) is 0 Å². The van der Waals surface area contributed by atoms with Crippen molar-refractivity contribution in [2.24, 2.45) is 0 Å². The van der Waals surface area contributed by atoms with Gasteiger partial charge in [0.25, 0.3) is 5.91 Å². The summed E-state index contributed by atoms with van der Waals surface area (Å²) in [5, 5.41) is 3.44. The summed E-state index contributed by atoms with van der Waals surface area (Å²) in [4.78, 5) is 12.1. The van der Waals surface area contributed by atoms with Gasteiger partial charge in [0, 0.05) is 5.02 Å². The Kier molecular flexibility index (Phi) is 6.50. The molecule has 2 aromatic rings. The molecule has 128 valence electrons. The van der Waals surface area contributed by atoms with Crippen LogP contribution in [0.2, 0.25) is 5.02 Å². The first-order chi connectivity index (χ1) is 11.5. The van der Waals surface area contributed by atoms with Gasteiger partial charge < -0.3 is 14.8 Å². The molecule has 0 saturated carbocycles. The molecular weight excluding hydrogens is 326 g/mol. The monoisotopic (exact) mass is 347 g/mol. The van der Waals surface area contributed by atoms with E-state index in [0.717, 1.165) is 11.3 Å². The Morgan fingerprint density at radius 3 is 2.54 bits per heavy atom. The quantitative estimate of drug-likeness (QED) is 0.772. The highest BCUT2D eigenvalue weighted by Gasteiger charge is 2.15. The zero-order chi connectivity index (χ0) is 17.5. The Hall–Kier alpha value is -2.20. The van der Waals surface area contributed by atoms with Crippen molar-refractivity contribution >= 4 is 17.5 Å². The Labute approximate surface area is 147 Å². The second-order valence-corrected chi connectivity index (χ2v) is 6.06. The highest BCUT2D eigenvalue weighted by Crippen LogP contribution is 2.22. The van der Waals surface area contributed by atoms with Crippen LogP contribution in [0.3, 0.4) is 0 Å². The van der Waals surface area contributed by atoms with E-state index in [-0.39, 0.29) is 5.91 Å². The molecule has 0 heterocycles. The molecule has 0 spiro atoms. The maximum atomic E-state index is 12.1. The largest absolute Gasteiger partial charge is 0.492 e. The number of aryl methyl sites for hydroxylation is 2. The molecule has 24 heavy (non-hydrogen) atoms. The summed E-state index contributed by atoms with van der Waals surface area (Å²) in [5.41, 5.74) is 2.07. The predicted octanol–water partition coefficient (Wildman–Crippen LogP) is 3.92. The molecule has 1 amide bonds. The van der Waals surface area contributed by atoms with Gasteiger partial charge in [-0.3, -0.25) is 4.79 Å². The lowest BCUT2D eigenvalue weighted by atomic mass is 10.2. The van der Waals surface area contributed by atoms with Crippen molar-refractivity contribution in [2.45, 2.75) is 26.9 Å². The van der Waals surface area contributed by atoms with Gasteiger partial charge in [0.1, 0.15) is 18.1 Å².